The van der Waals surface area contributed by atoms with Gasteiger partial charge in [-0.05, 0) is 30.3 Å². The van der Waals surface area contributed by atoms with Gasteiger partial charge in [-0.25, -0.2) is 4.98 Å². The minimum absolute atomic E-state index is 0.626. The van der Waals surface area contributed by atoms with Crippen LogP contribution in [0.5, 0.6) is 0 Å². The Morgan fingerprint density at radius 2 is 2.41 bits per heavy atom. The molecule has 1 aliphatic carbocycles. The van der Waals surface area contributed by atoms with Crippen molar-refractivity contribution in [3.63, 3.8) is 0 Å². The van der Waals surface area contributed by atoms with E-state index >= 15 is 0 Å². The Morgan fingerprint density at radius 1 is 1.53 bits per heavy atom. The summed E-state index contributed by atoms with van der Waals surface area (Å²) in [7, 11) is 0. The molecular weight excluding hydrogens is 236 g/mol. The van der Waals surface area contributed by atoms with Gasteiger partial charge in [0.15, 0.2) is 0 Å². The maximum absolute atomic E-state index is 5.88. The highest BCUT2D eigenvalue weighted by Gasteiger charge is 2.30. The number of hydrogen-bond donors (Lipinski definition) is 3. The molecule has 2 heterocycles. The molecule has 0 radical (unpaired) electrons. The van der Waals surface area contributed by atoms with Crippen LogP contribution >= 0.6 is 11.5 Å². The molecule has 2 aromatic heterocycles. The summed E-state index contributed by atoms with van der Waals surface area (Å²) in [5.41, 5.74) is 7.09. The van der Waals surface area contributed by atoms with Crippen molar-refractivity contribution in [2.75, 3.05) is 17.6 Å². The molecule has 1 fully saturated rings. The van der Waals surface area contributed by atoms with E-state index in [4.69, 9.17) is 5.73 Å². The lowest BCUT2D eigenvalue weighted by molar-refractivity contribution is 0.901. The van der Waals surface area contributed by atoms with E-state index in [1.807, 2.05) is 0 Å². The minimum Gasteiger partial charge on any atom is -0.383 e. The Labute approximate surface area is 103 Å². The lowest BCUT2D eigenvalue weighted by Gasteiger charge is -2.04. The van der Waals surface area contributed by atoms with Crippen molar-refractivity contribution in [1.82, 2.24) is 19.6 Å². The molecule has 90 valence electrons. The topological polar surface area (TPSA) is 92.5 Å². The molecular formula is C10H14N6S. The maximum Gasteiger partial charge on any atom is 0.142 e. The SMILES string of the molecule is Nc1nsc(NCCc2ncn[nH]2)c1C1CC1. The van der Waals surface area contributed by atoms with Gasteiger partial charge in [-0.2, -0.15) is 9.47 Å². The Morgan fingerprint density at radius 3 is 3.12 bits per heavy atom. The molecule has 0 unspecified atom stereocenters. The van der Waals surface area contributed by atoms with E-state index in [1.54, 1.807) is 0 Å². The van der Waals surface area contributed by atoms with Crippen molar-refractivity contribution < 1.29 is 0 Å². The highest BCUT2D eigenvalue weighted by Crippen LogP contribution is 2.47. The number of nitrogen functional groups attached to an aromatic ring is 1. The molecule has 0 atom stereocenters. The average Bonchev–Trinajstić information content (AvgIpc) is 2.88. The van der Waals surface area contributed by atoms with Gasteiger partial charge in [-0.1, -0.05) is 0 Å². The van der Waals surface area contributed by atoms with Crippen molar-refractivity contribution in [3.8, 4) is 0 Å². The first-order valence-corrected chi connectivity index (χ1v) is 6.45. The number of hydrogen-bond acceptors (Lipinski definition) is 6. The quantitative estimate of drug-likeness (QED) is 0.745. The van der Waals surface area contributed by atoms with Crippen molar-refractivity contribution in [2.45, 2.75) is 25.2 Å². The predicted molar refractivity (Wildman–Crippen MR) is 67.1 cm³/mol. The lowest BCUT2D eigenvalue weighted by Crippen LogP contribution is -2.06. The zero-order valence-electron chi connectivity index (χ0n) is 9.31. The molecule has 0 spiro atoms. The van der Waals surface area contributed by atoms with Crippen LogP contribution in [0.1, 0.15) is 30.1 Å². The van der Waals surface area contributed by atoms with Crippen LogP contribution in [0, 0.1) is 0 Å². The van der Waals surface area contributed by atoms with Gasteiger partial charge in [0.25, 0.3) is 0 Å². The number of anilines is 2. The second kappa shape index (κ2) is 4.33. The van der Waals surface area contributed by atoms with Gasteiger partial charge in [-0.15, -0.1) is 0 Å². The van der Waals surface area contributed by atoms with Gasteiger partial charge < -0.3 is 11.1 Å². The fraction of sp³-hybridized carbons (Fsp3) is 0.500. The molecule has 0 saturated heterocycles. The summed E-state index contributed by atoms with van der Waals surface area (Å²) in [5.74, 6) is 2.21. The van der Waals surface area contributed by atoms with Crippen LogP contribution in [-0.4, -0.2) is 26.1 Å². The third kappa shape index (κ3) is 2.23. The lowest BCUT2D eigenvalue weighted by atomic mass is 10.2. The molecule has 0 aromatic carbocycles. The molecule has 3 rings (SSSR count). The number of aromatic nitrogens is 4. The third-order valence-corrected chi connectivity index (χ3v) is 3.69. The van der Waals surface area contributed by atoms with Gasteiger partial charge in [0.05, 0.1) is 0 Å². The van der Waals surface area contributed by atoms with Gasteiger partial charge in [0, 0.05) is 18.5 Å². The van der Waals surface area contributed by atoms with Crippen LogP contribution in [-0.2, 0) is 6.42 Å². The third-order valence-electron chi connectivity index (χ3n) is 2.85. The maximum atomic E-state index is 5.88. The Bertz CT molecular complexity index is 487. The van der Waals surface area contributed by atoms with Gasteiger partial charge in [0.2, 0.25) is 0 Å². The van der Waals surface area contributed by atoms with Crippen molar-refractivity contribution >= 4 is 22.4 Å². The fourth-order valence-electron chi connectivity index (χ4n) is 1.85. The molecule has 1 saturated carbocycles. The molecule has 0 amide bonds. The zero-order valence-corrected chi connectivity index (χ0v) is 10.1. The predicted octanol–water partition coefficient (Wildman–Crippen LogP) is 1.38. The van der Waals surface area contributed by atoms with Crippen LogP contribution in [0.25, 0.3) is 0 Å². The normalized spacial score (nSPS) is 15.1. The van der Waals surface area contributed by atoms with E-state index in [1.165, 1.54) is 36.3 Å². The Balaban J connectivity index is 1.61. The van der Waals surface area contributed by atoms with Gasteiger partial charge in [-0.3, -0.25) is 5.10 Å². The second-order valence-electron chi connectivity index (χ2n) is 4.19. The first-order valence-electron chi connectivity index (χ1n) is 5.67. The molecule has 0 bridgehead atoms. The first kappa shape index (κ1) is 10.5. The van der Waals surface area contributed by atoms with E-state index in [2.05, 4.69) is 24.9 Å². The molecule has 6 nitrogen and oxygen atoms in total. The van der Waals surface area contributed by atoms with Crippen molar-refractivity contribution in [3.05, 3.63) is 17.7 Å². The number of H-pyrrole nitrogens is 1. The summed E-state index contributed by atoms with van der Waals surface area (Å²) in [5, 5.41) is 11.2. The number of rotatable bonds is 5. The molecule has 0 aliphatic heterocycles. The molecule has 1 aliphatic rings. The van der Waals surface area contributed by atoms with Crippen molar-refractivity contribution in [1.29, 1.82) is 0 Å². The molecule has 7 heteroatoms. The monoisotopic (exact) mass is 250 g/mol. The number of nitrogens with one attached hydrogen (secondary N) is 2. The Hall–Kier alpha value is -1.63. The highest BCUT2D eigenvalue weighted by molar-refractivity contribution is 7.10. The van der Waals surface area contributed by atoms with E-state index in [9.17, 15) is 0 Å². The van der Waals surface area contributed by atoms with Gasteiger partial charge in [0.1, 0.15) is 23.0 Å². The Kier molecular flexibility index (Phi) is 2.68. The smallest absolute Gasteiger partial charge is 0.142 e. The minimum atomic E-state index is 0.626. The van der Waals surface area contributed by atoms with Crippen molar-refractivity contribution in [2.24, 2.45) is 0 Å². The zero-order chi connectivity index (χ0) is 11.7. The van der Waals surface area contributed by atoms with Crippen LogP contribution < -0.4 is 11.1 Å². The number of aromatic amines is 1. The van der Waals surface area contributed by atoms with E-state index in [0.717, 1.165) is 23.8 Å². The van der Waals surface area contributed by atoms with Gasteiger partial charge >= 0.3 is 0 Å². The van der Waals surface area contributed by atoms with E-state index in [0.29, 0.717) is 11.7 Å². The molecule has 2 aromatic rings. The van der Waals surface area contributed by atoms with Crippen LogP contribution in [0.2, 0.25) is 0 Å². The van der Waals surface area contributed by atoms with E-state index in [-0.39, 0.29) is 0 Å². The standard InChI is InChI=1S/C10H14N6S/c11-9-8(6-1-2-6)10(17-16-9)12-4-3-7-13-5-14-15-7/h5-6,12H,1-4H2,(H2,11,16)(H,13,14,15). The molecule has 17 heavy (non-hydrogen) atoms. The summed E-state index contributed by atoms with van der Waals surface area (Å²) < 4.78 is 4.21. The largest absolute Gasteiger partial charge is 0.383 e. The highest BCUT2D eigenvalue weighted by atomic mass is 32.1. The summed E-state index contributed by atoms with van der Waals surface area (Å²) in [6, 6.07) is 0. The molecule has 4 N–H and O–H groups in total. The van der Waals surface area contributed by atoms with E-state index < -0.39 is 0 Å². The second-order valence-corrected chi connectivity index (χ2v) is 4.97. The number of nitrogens with two attached hydrogens (primary N) is 1. The average molecular weight is 250 g/mol. The van der Waals surface area contributed by atoms with Crippen LogP contribution in [0.3, 0.4) is 0 Å². The summed E-state index contributed by atoms with van der Waals surface area (Å²) in [6.07, 6.45) is 4.82. The summed E-state index contributed by atoms with van der Waals surface area (Å²) in [6.45, 7) is 0.816. The van der Waals surface area contributed by atoms with Crippen LogP contribution in [0.4, 0.5) is 10.8 Å². The fourth-order valence-corrected chi connectivity index (χ4v) is 2.67. The first-order chi connectivity index (χ1) is 8.34. The summed E-state index contributed by atoms with van der Waals surface area (Å²) >= 11 is 1.45. The van der Waals surface area contributed by atoms with Crippen LogP contribution in [0.15, 0.2) is 6.33 Å². The summed E-state index contributed by atoms with van der Waals surface area (Å²) in [4.78, 5) is 4.08. The number of nitrogens with zero attached hydrogens (tertiary/aromatic N) is 3.